The zero-order valence-corrected chi connectivity index (χ0v) is 8.85. The normalized spacial score (nSPS) is 20.6. The van der Waals surface area contributed by atoms with Gasteiger partial charge in [-0.3, -0.25) is 4.68 Å². The molecule has 0 saturated carbocycles. The monoisotopic (exact) mass is 229 g/mol. The van der Waals surface area contributed by atoms with E-state index in [1.54, 1.807) is 0 Å². The average molecular weight is 230 g/mol. The van der Waals surface area contributed by atoms with Crippen LogP contribution in [-0.2, 0) is 12.1 Å². The van der Waals surface area contributed by atoms with Gasteiger partial charge >= 0.3 is 0 Å². The van der Waals surface area contributed by atoms with E-state index in [-0.39, 0.29) is 5.54 Å². The van der Waals surface area contributed by atoms with E-state index in [0.29, 0.717) is 0 Å². The molecule has 4 heteroatoms. The lowest BCUT2D eigenvalue weighted by Gasteiger charge is -2.32. The van der Waals surface area contributed by atoms with Gasteiger partial charge in [0.2, 0.25) is 0 Å². The summed E-state index contributed by atoms with van der Waals surface area (Å²) in [6.45, 7) is 6.25. The van der Waals surface area contributed by atoms with E-state index >= 15 is 0 Å². The second-order valence-corrected chi connectivity index (χ2v) is 4.62. The first-order chi connectivity index (χ1) is 5.61. The highest BCUT2D eigenvalue weighted by Gasteiger charge is 2.28. The van der Waals surface area contributed by atoms with Crippen molar-refractivity contribution in [2.24, 2.45) is 0 Å². The van der Waals surface area contributed by atoms with Crippen LogP contribution in [0.5, 0.6) is 0 Å². The second kappa shape index (κ2) is 2.57. The van der Waals surface area contributed by atoms with Crippen LogP contribution in [-0.4, -0.2) is 16.3 Å². The zero-order chi connectivity index (χ0) is 8.77. The number of fused-ring (bicyclic) bond motifs is 1. The molecule has 0 saturated heterocycles. The van der Waals surface area contributed by atoms with Gasteiger partial charge in [-0.1, -0.05) is 0 Å². The Morgan fingerprint density at radius 1 is 1.67 bits per heavy atom. The molecule has 2 heterocycles. The van der Waals surface area contributed by atoms with Crippen LogP contribution in [0.1, 0.15) is 19.5 Å². The lowest BCUT2D eigenvalue weighted by Crippen LogP contribution is -2.44. The summed E-state index contributed by atoms with van der Waals surface area (Å²) in [7, 11) is 0. The molecular formula is C8H12BrN3. The summed E-state index contributed by atoms with van der Waals surface area (Å²) in [5.74, 6) is 0. The summed E-state index contributed by atoms with van der Waals surface area (Å²) >= 11 is 3.48. The summed E-state index contributed by atoms with van der Waals surface area (Å²) in [6, 6.07) is 0. The van der Waals surface area contributed by atoms with Crippen LogP contribution in [0.2, 0.25) is 0 Å². The fraction of sp³-hybridized carbons (Fsp3) is 0.625. The van der Waals surface area contributed by atoms with Crippen molar-refractivity contribution < 1.29 is 0 Å². The molecule has 0 aromatic carbocycles. The molecule has 0 radical (unpaired) electrons. The van der Waals surface area contributed by atoms with Gasteiger partial charge in [0.05, 0.1) is 21.9 Å². The summed E-state index contributed by atoms with van der Waals surface area (Å²) in [6.07, 6.45) is 1.87. The standard InChI is InChI=1S/C8H12BrN3/c1-8(2)5-10-4-7-6(9)3-11-12(7)8/h3,10H,4-5H2,1-2H3. The van der Waals surface area contributed by atoms with Crippen LogP contribution in [0, 0.1) is 0 Å². The molecule has 1 aliphatic heterocycles. The number of rotatable bonds is 0. The third-order valence-corrected chi connectivity index (χ3v) is 2.90. The Bertz CT molecular complexity index is 303. The molecule has 1 aromatic heterocycles. The van der Waals surface area contributed by atoms with Crippen LogP contribution < -0.4 is 5.32 Å². The molecule has 0 amide bonds. The Morgan fingerprint density at radius 2 is 2.42 bits per heavy atom. The van der Waals surface area contributed by atoms with E-state index in [4.69, 9.17) is 0 Å². The van der Waals surface area contributed by atoms with Gasteiger partial charge in [-0.2, -0.15) is 5.10 Å². The Labute approximate surface area is 80.3 Å². The van der Waals surface area contributed by atoms with E-state index in [1.807, 2.05) is 6.20 Å². The number of hydrogen-bond donors (Lipinski definition) is 1. The minimum absolute atomic E-state index is 0.0968. The Hall–Kier alpha value is -0.350. The maximum Gasteiger partial charge on any atom is 0.0699 e. The Balaban J connectivity index is 2.53. The highest BCUT2D eigenvalue weighted by Crippen LogP contribution is 2.25. The minimum Gasteiger partial charge on any atom is -0.309 e. The van der Waals surface area contributed by atoms with E-state index in [9.17, 15) is 0 Å². The van der Waals surface area contributed by atoms with Crippen LogP contribution in [0.25, 0.3) is 0 Å². The van der Waals surface area contributed by atoms with Gasteiger partial charge in [-0.05, 0) is 29.8 Å². The van der Waals surface area contributed by atoms with Crippen molar-refractivity contribution in [3.05, 3.63) is 16.4 Å². The molecule has 12 heavy (non-hydrogen) atoms. The first-order valence-electron chi connectivity index (χ1n) is 4.05. The SMILES string of the molecule is CC1(C)CNCc2c(Br)cnn21. The van der Waals surface area contributed by atoms with Gasteiger partial charge < -0.3 is 5.32 Å². The molecule has 0 fully saturated rings. The minimum atomic E-state index is 0.0968. The molecule has 1 N–H and O–H groups in total. The predicted octanol–water partition coefficient (Wildman–Crippen LogP) is 1.48. The van der Waals surface area contributed by atoms with Crippen LogP contribution in [0.15, 0.2) is 10.7 Å². The number of hydrogen-bond acceptors (Lipinski definition) is 2. The largest absolute Gasteiger partial charge is 0.309 e. The molecule has 0 aliphatic carbocycles. The van der Waals surface area contributed by atoms with Gasteiger partial charge in [-0.25, -0.2) is 0 Å². The van der Waals surface area contributed by atoms with E-state index < -0.39 is 0 Å². The van der Waals surface area contributed by atoms with Crippen molar-refractivity contribution in [3.8, 4) is 0 Å². The molecule has 0 spiro atoms. The molecule has 1 aliphatic rings. The number of nitrogens with one attached hydrogen (secondary N) is 1. The smallest absolute Gasteiger partial charge is 0.0699 e. The Morgan fingerprint density at radius 3 is 3.08 bits per heavy atom. The molecule has 66 valence electrons. The van der Waals surface area contributed by atoms with Gasteiger partial charge in [0, 0.05) is 13.1 Å². The summed E-state index contributed by atoms with van der Waals surface area (Å²) < 4.78 is 3.19. The van der Waals surface area contributed by atoms with Crippen molar-refractivity contribution in [1.29, 1.82) is 0 Å². The number of halogens is 1. The first-order valence-corrected chi connectivity index (χ1v) is 4.84. The molecule has 0 atom stereocenters. The van der Waals surface area contributed by atoms with Crippen LogP contribution in [0.3, 0.4) is 0 Å². The van der Waals surface area contributed by atoms with Crippen molar-refractivity contribution >= 4 is 15.9 Å². The lowest BCUT2D eigenvalue weighted by molar-refractivity contribution is 0.260. The van der Waals surface area contributed by atoms with Gasteiger partial charge in [0.15, 0.2) is 0 Å². The third-order valence-electron chi connectivity index (χ3n) is 2.24. The summed E-state index contributed by atoms with van der Waals surface area (Å²) in [5, 5.41) is 7.71. The first kappa shape index (κ1) is 8.26. The molecule has 2 rings (SSSR count). The average Bonchev–Trinajstić information content (AvgIpc) is 2.33. The fourth-order valence-electron chi connectivity index (χ4n) is 1.60. The maximum absolute atomic E-state index is 4.34. The zero-order valence-electron chi connectivity index (χ0n) is 7.26. The van der Waals surface area contributed by atoms with Crippen molar-refractivity contribution in [2.75, 3.05) is 6.54 Å². The highest BCUT2D eigenvalue weighted by atomic mass is 79.9. The van der Waals surface area contributed by atoms with Crippen molar-refractivity contribution in [1.82, 2.24) is 15.1 Å². The summed E-state index contributed by atoms with van der Waals surface area (Å²) in [4.78, 5) is 0. The van der Waals surface area contributed by atoms with Crippen molar-refractivity contribution in [2.45, 2.75) is 25.9 Å². The van der Waals surface area contributed by atoms with E-state index in [0.717, 1.165) is 17.6 Å². The van der Waals surface area contributed by atoms with Crippen LogP contribution in [0.4, 0.5) is 0 Å². The Kier molecular flexibility index (Phi) is 1.77. The van der Waals surface area contributed by atoms with E-state index in [2.05, 4.69) is 44.9 Å². The molecular weight excluding hydrogens is 218 g/mol. The quantitative estimate of drug-likeness (QED) is 0.731. The van der Waals surface area contributed by atoms with Gasteiger partial charge in [0.1, 0.15) is 0 Å². The third kappa shape index (κ3) is 1.10. The maximum atomic E-state index is 4.34. The summed E-state index contributed by atoms with van der Waals surface area (Å²) in [5.41, 5.74) is 1.34. The van der Waals surface area contributed by atoms with Crippen molar-refractivity contribution in [3.63, 3.8) is 0 Å². The highest BCUT2D eigenvalue weighted by molar-refractivity contribution is 9.10. The molecule has 0 unspecified atom stereocenters. The van der Waals surface area contributed by atoms with E-state index in [1.165, 1.54) is 5.69 Å². The number of aromatic nitrogens is 2. The fourth-order valence-corrected chi connectivity index (χ4v) is 2.00. The van der Waals surface area contributed by atoms with Gasteiger partial charge in [-0.15, -0.1) is 0 Å². The molecule has 0 bridgehead atoms. The predicted molar refractivity (Wildman–Crippen MR) is 51.0 cm³/mol. The molecule has 1 aromatic rings. The van der Waals surface area contributed by atoms with Crippen LogP contribution >= 0.6 is 15.9 Å². The lowest BCUT2D eigenvalue weighted by atomic mass is 10.0. The van der Waals surface area contributed by atoms with Gasteiger partial charge in [0.25, 0.3) is 0 Å². The topological polar surface area (TPSA) is 29.9 Å². The number of nitrogens with zero attached hydrogens (tertiary/aromatic N) is 2. The molecule has 3 nitrogen and oxygen atoms in total. The second-order valence-electron chi connectivity index (χ2n) is 3.77.